The molecule has 3 aromatic heterocycles. The number of rotatable bonds is 5. The Kier molecular flexibility index (Phi) is 8.14. The third kappa shape index (κ3) is 5.76. The number of aryl methyl sites for hydroxylation is 6. The highest BCUT2D eigenvalue weighted by atomic mass is 15.0. The highest BCUT2D eigenvalue weighted by molar-refractivity contribution is 6.13. The molecule has 0 spiro atoms. The summed E-state index contributed by atoms with van der Waals surface area (Å²) in [5.41, 5.74) is 18.5. The summed E-state index contributed by atoms with van der Waals surface area (Å²) >= 11 is 0. The van der Waals surface area contributed by atoms with Crippen molar-refractivity contribution in [1.29, 1.82) is 5.26 Å². The molecule has 0 bridgehead atoms. The van der Waals surface area contributed by atoms with E-state index in [1.807, 2.05) is 32.0 Å². The van der Waals surface area contributed by atoms with Crippen LogP contribution in [0.25, 0.3) is 88.6 Å². The first-order chi connectivity index (χ1) is 28.1. The van der Waals surface area contributed by atoms with Crippen molar-refractivity contribution in [2.24, 2.45) is 0 Å². The Morgan fingerprint density at radius 3 is 1.26 bits per heavy atom. The average Bonchev–Trinajstić information content (AvgIpc) is 3.71. The monoisotopic (exact) mass is 747 g/mol. The van der Waals surface area contributed by atoms with E-state index in [2.05, 4.69) is 164 Å². The summed E-state index contributed by atoms with van der Waals surface area (Å²) in [6, 6.07) is 52.7. The molecular weight excluding hydrogens is 707 g/mol. The molecule has 5 heteroatoms. The number of nitriles is 1. The summed E-state index contributed by atoms with van der Waals surface area (Å²) < 4.78 is 4.65. The van der Waals surface area contributed by atoms with E-state index < -0.39 is 0 Å². The molecule has 0 atom stereocenters. The molecule has 0 unspecified atom stereocenters. The normalized spacial score (nSPS) is 11.6. The zero-order valence-corrected chi connectivity index (χ0v) is 33.5. The van der Waals surface area contributed by atoms with E-state index in [9.17, 15) is 5.26 Å². The van der Waals surface area contributed by atoms with Crippen molar-refractivity contribution >= 4 is 43.6 Å². The van der Waals surface area contributed by atoms with E-state index in [1.54, 1.807) is 0 Å². The minimum Gasteiger partial charge on any atom is -0.308 e. The molecule has 58 heavy (non-hydrogen) atoms. The first-order valence-corrected chi connectivity index (χ1v) is 19.8. The predicted molar refractivity (Wildman–Crippen MR) is 240 cm³/mol. The fourth-order valence-electron chi connectivity index (χ4n) is 9.20. The van der Waals surface area contributed by atoms with Crippen LogP contribution in [0.1, 0.15) is 39.2 Å². The standard InChI is InChI=1S/C53H41N5/c1-31-19-32(2)22-40(21-31)38-15-17-44-42-11-7-9-13-46(42)57(48(44)28-38)50-26-37(30-54)27-51(52(50)53-55-35(5)25-36(6)56-53)58-47-14-10-8-12-43(47)45-18-16-39(29-49(45)58)41-23-33(3)20-34(4)24-41/h7-29H,1-6H3. The maximum atomic E-state index is 10.9. The van der Waals surface area contributed by atoms with Gasteiger partial charge in [0.2, 0.25) is 0 Å². The van der Waals surface area contributed by atoms with Gasteiger partial charge in [-0.25, -0.2) is 9.97 Å². The molecule has 0 amide bonds. The number of hydrogen-bond acceptors (Lipinski definition) is 3. The summed E-state index contributed by atoms with van der Waals surface area (Å²) in [6.07, 6.45) is 0. The Morgan fingerprint density at radius 1 is 0.414 bits per heavy atom. The summed E-state index contributed by atoms with van der Waals surface area (Å²) in [6.45, 7) is 12.6. The molecule has 0 aliphatic carbocycles. The molecule has 0 fully saturated rings. The van der Waals surface area contributed by atoms with E-state index in [4.69, 9.17) is 9.97 Å². The van der Waals surface area contributed by atoms with E-state index >= 15 is 0 Å². The van der Waals surface area contributed by atoms with Gasteiger partial charge in [-0.15, -0.1) is 0 Å². The lowest BCUT2D eigenvalue weighted by atomic mass is 9.99. The number of fused-ring (bicyclic) bond motifs is 6. The van der Waals surface area contributed by atoms with Crippen molar-refractivity contribution in [1.82, 2.24) is 19.1 Å². The highest BCUT2D eigenvalue weighted by Crippen LogP contribution is 2.43. The zero-order valence-electron chi connectivity index (χ0n) is 33.5. The van der Waals surface area contributed by atoms with Gasteiger partial charge in [-0.05, 0) is 106 Å². The summed E-state index contributed by atoms with van der Waals surface area (Å²) in [7, 11) is 0. The first kappa shape index (κ1) is 35.1. The van der Waals surface area contributed by atoms with Crippen LogP contribution in [0.4, 0.5) is 0 Å². The van der Waals surface area contributed by atoms with Gasteiger partial charge in [-0.3, -0.25) is 0 Å². The van der Waals surface area contributed by atoms with Crippen LogP contribution in [0.15, 0.2) is 140 Å². The lowest BCUT2D eigenvalue weighted by Crippen LogP contribution is -2.07. The maximum absolute atomic E-state index is 10.9. The Bertz CT molecular complexity index is 3120. The lowest BCUT2D eigenvalue weighted by Gasteiger charge is -2.20. The molecular formula is C53H41N5. The van der Waals surface area contributed by atoms with Crippen molar-refractivity contribution in [2.75, 3.05) is 0 Å². The molecule has 10 aromatic rings. The predicted octanol–water partition coefficient (Wildman–Crippen LogP) is 13.4. The van der Waals surface area contributed by atoms with Crippen molar-refractivity contribution in [3.8, 4) is 51.1 Å². The number of para-hydroxylation sites is 2. The molecule has 0 radical (unpaired) electrons. The van der Waals surface area contributed by atoms with Gasteiger partial charge in [-0.1, -0.05) is 119 Å². The van der Waals surface area contributed by atoms with Gasteiger partial charge in [-0.2, -0.15) is 5.26 Å². The van der Waals surface area contributed by atoms with E-state index in [0.29, 0.717) is 11.4 Å². The highest BCUT2D eigenvalue weighted by Gasteiger charge is 2.25. The Labute approximate surface area is 338 Å². The van der Waals surface area contributed by atoms with Crippen LogP contribution in [0.5, 0.6) is 0 Å². The van der Waals surface area contributed by atoms with Crippen LogP contribution in [0.3, 0.4) is 0 Å². The van der Waals surface area contributed by atoms with Crippen LogP contribution in [-0.4, -0.2) is 19.1 Å². The third-order valence-electron chi connectivity index (χ3n) is 11.4. The second kappa shape index (κ2) is 13.4. The third-order valence-corrected chi connectivity index (χ3v) is 11.4. The molecule has 0 aliphatic heterocycles. The van der Waals surface area contributed by atoms with Gasteiger partial charge in [0.15, 0.2) is 5.82 Å². The summed E-state index contributed by atoms with van der Waals surface area (Å²) in [5, 5.41) is 15.4. The van der Waals surface area contributed by atoms with E-state index in [1.165, 1.54) is 33.4 Å². The van der Waals surface area contributed by atoms with E-state index in [0.717, 1.165) is 83.1 Å². The molecule has 7 aromatic carbocycles. The summed E-state index contributed by atoms with van der Waals surface area (Å²) in [5.74, 6) is 0.611. The number of aromatic nitrogens is 4. The average molecular weight is 748 g/mol. The molecule has 0 N–H and O–H groups in total. The largest absolute Gasteiger partial charge is 0.308 e. The smallest absolute Gasteiger partial charge is 0.163 e. The van der Waals surface area contributed by atoms with Crippen LogP contribution >= 0.6 is 0 Å². The molecule has 10 rings (SSSR count). The van der Waals surface area contributed by atoms with Gasteiger partial charge >= 0.3 is 0 Å². The number of benzene rings is 7. The second-order valence-electron chi connectivity index (χ2n) is 15.9. The van der Waals surface area contributed by atoms with Crippen LogP contribution < -0.4 is 0 Å². The SMILES string of the molecule is Cc1cc(C)cc(-c2ccc3c4ccccc4n(-c4cc(C#N)cc(-n5c6ccccc6c6ccc(-c7cc(C)cc(C)c7)cc65)c4-c4nc(C)cc(C)n4)c3c2)c1. The van der Waals surface area contributed by atoms with Gasteiger partial charge in [0.05, 0.1) is 50.6 Å². The minimum atomic E-state index is 0.547. The fraction of sp³-hybridized carbons (Fsp3) is 0.113. The summed E-state index contributed by atoms with van der Waals surface area (Å²) in [4.78, 5) is 10.3. The molecule has 3 heterocycles. The minimum absolute atomic E-state index is 0.547. The van der Waals surface area contributed by atoms with Crippen LogP contribution in [-0.2, 0) is 0 Å². The van der Waals surface area contributed by atoms with Gasteiger partial charge in [0.1, 0.15) is 0 Å². The zero-order chi connectivity index (χ0) is 39.8. The molecule has 0 aliphatic rings. The Hall–Kier alpha value is -7.29. The van der Waals surface area contributed by atoms with Crippen LogP contribution in [0, 0.1) is 52.9 Å². The second-order valence-corrected chi connectivity index (χ2v) is 15.9. The number of hydrogen-bond donors (Lipinski definition) is 0. The Morgan fingerprint density at radius 2 is 0.828 bits per heavy atom. The Balaban J connectivity index is 1.37. The van der Waals surface area contributed by atoms with Gasteiger partial charge in [0.25, 0.3) is 0 Å². The van der Waals surface area contributed by atoms with Gasteiger partial charge < -0.3 is 9.13 Å². The van der Waals surface area contributed by atoms with Crippen LogP contribution in [0.2, 0.25) is 0 Å². The number of nitrogens with zero attached hydrogens (tertiary/aromatic N) is 5. The molecule has 5 nitrogen and oxygen atoms in total. The quantitative estimate of drug-likeness (QED) is 0.176. The lowest BCUT2D eigenvalue weighted by molar-refractivity contribution is 1.04. The fourth-order valence-corrected chi connectivity index (χ4v) is 9.20. The van der Waals surface area contributed by atoms with E-state index in [-0.39, 0.29) is 0 Å². The maximum Gasteiger partial charge on any atom is 0.163 e. The van der Waals surface area contributed by atoms with Gasteiger partial charge in [0, 0.05) is 32.9 Å². The van der Waals surface area contributed by atoms with Crippen molar-refractivity contribution in [3.05, 3.63) is 179 Å². The molecule has 0 saturated heterocycles. The molecule has 0 saturated carbocycles. The molecule has 278 valence electrons. The van der Waals surface area contributed by atoms with Crippen molar-refractivity contribution in [3.63, 3.8) is 0 Å². The topological polar surface area (TPSA) is 59.4 Å². The van der Waals surface area contributed by atoms with Crippen molar-refractivity contribution < 1.29 is 0 Å². The van der Waals surface area contributed by atoms with Crippen molar-refractivity contribution in [2.45, 2.75) is 41.5 Å². The first-order valence-electron chi connectivity index (χ1n) is 19.8.